The van der Waals surface area contributed by atoms with Crippen LogP contribution in [0.4, 0.5) is 5.82 Å². The third-order valence-electron chi connectivity index (χ3n) is 6.79. The second kappa shape index (κ2) is 10.9. The third-order valence-corrected chi connectivity index (χ3v) is 6.79. The summed E-state index contributed by atoms with van der Waals surface area (Å²) in [6.07, 6.45) is 4.77. The number of aliphatic carboxylic acids is 1. The number of carbonyl (C=O) groups is 1. The summed E-state index contributed by atoms with van der Waals surface area (Å²) in [5.41, 5.74) is 5.76. The fourth-order valence-corrected chi connectivity index (χ4v) is 4.77. The average molecular weight is 474 g/mol. The first-order chi connectivity index (χ1) is 16.8. The molecule has 1 N–H and O–H groups in total. The van der Waals surface area contributed by atoms with E-state index in [0.29, 0.717) is 12.5 Å². The van der Waals surface area contributed by atoms with E-state index in [1.54, 1.807) is 0 Å². The van der Waals surface area contributed by atoms with Crippen molar-refractivity contribution in [3.8, 4) is 17.1 Å². The molecule has 1 atom stereocenters. The summed E-state index contributed by atoms with van der Waals surface area (Å²) in [6, 6.07) is 14.6. The largest absolute Gasteiger partial charge is 0.494 e. The van der Waals surface area contributed by atoms with Gasteiger partial charge >= 0.3 is 5.97 Å². The van der Waals surface area contributed by atoms with Gasteiger partial charge in [-0.2, -0.15) is 0 Å². The Morgan fingerprint density at radius 3 is 2.69 bits per heavy atom. The van der Waals surface area contributed by atoms with Gasteiger partial charge in [-0.1, -0.05) is 44.2 Å². The van der Waals surface area contributed by atoms with Crippen molar-refractivity contribution in [1.29, 1.82) is 0 Å². The van der Waals surface area contributed by atoms with Crippen LogP contribution in [-0.2, 0) is 11.2 Å². The van der Waals surface area contributed by atoms with Crippen LogP contribution in [0.3, 0.4) is 0 Å². The van der Waals surface area contributed by atoms with Gasteiger partial charge in [0.1, 0.15) is 11.6 Å². The summed E-state index contributed by atoms with van der Waals surface area (Å²) in [4.78, 5) is 22.6. The van der Waals surface area contributed by atoms with Gasteiger partial charge in [0.15, 0.2) is 5.82 Å². The standard InChI is InChI=1S/C29H35N3O3/c1-19(2)21-6-8-22(9-7-21)28-30-18-20(3)29(31-28)32(4)14-5-15-35-25-12-13-26-23(16-25)10-11-24(26)17-27(33)34/h6-9,12-13,16,18-19,24H,5,10-11,14-15,17H2,1-4H3,(H,33,34)/t24-/m0/s1. The number of rotatable bonds is 10. The van der Waals surface area contributed by atoms with Gasteiger partial charge in [0.25, 0.3) is 0 Å². The first-order valence-corrected chi connectivity index (χ1v) is 12.4. The molecule has 6 heteroatoms. The maximum atomic E-state index is 11.1. The Balaban J connectivity index is 1.32. The van der Waals surface area contributed by atoms with Crippen molar-refractivity contribution in [3.05, 3.63) is 70.9 Å². The smallest absolute Gasteiger partial charge is 0.303 e. The first-order valence-electron chi connectivity index (χ1n) is 12.4. The van der Waals surface area contributed by atoms with Crippen molar-refractivity contribution in [2.75, 3.05) is 25.1 Å². The summed E-state index contributed by atoms with van der Waals surface area (Å²) in [6.45, 7) is 7.84. The zero-order valence-electron chi connectivity index (χ0n) is 21.1. The van der Waals surface area contributed by atoms with Crippen LogP contribution in [-0.4, -0.2) is 41.2 Å². The molecule has 1 aromatic heterocycles. The lowest BCUT2D eigenvalue weighted by molar-refractivity contribution is -0.137. The van der Waals surface area contributed by atoms with Crippen LogP contribution in [0.1, 0.15) is 67.2 Å². The maximum Gasteiger partial charge on any atom is 0.303 e. The molecule has 4 rings (SSSR count). The Labute approximate surface area is 208 Å². The monoisotopic (exact) mass is 473 g/mol. The van der Waals surface area contributed by atoms with Crippen LogP contribution in [0, 0.1) is 6.92 Å². The van der Waals surface area contributed by atoms with Crippen molar-refractivity contribution in [2.24, 2.45) is 0 Å². The lowest BCUT2D eigenvalue weighted by Crippen LogP contribution is -2.22. The second-order valence-electron chi connectivity index (χ2n) is 9.79. The van der Waals surface area contributed by atoms with Gasteiger partial charge < -0.3 is 14.7 Å². The molecule has 0 saturated heterocycles. The van der Waals surface area contributed by atoms with E-state index in [4.69, 9.17) is 14.8 Å². The minimum absolute atomic E-state index is 0.124. The fourth-order valence-electron chi connectivity index (χ4n) is 4.77. The minimum atomic E-state index is -0.734. The molecule has 0 fully saturated rings. The predicted octanol–water partition coefficient (Wildman–Crippen LogP) is 5.99. The number of hydrogen-bond acceptors (Lipinski definition) is 5. The topological polar surface area (TPSA) is 75.5 Å². The lowest BCUT2D eigenvalue weighted by Gasteiger charge is -2.21. The van der Waals surface area contributed by atoms with Crippen molar-refractivity contribution in [1.82, 2.24) is 9.97 Å². The highest BCUT2D eigenvalue weighted by atomic mass is 16.5. The molecule has 2 aromatic carbocycles. The van der Waals surface area contributed by atoms with Gasteiger partial charge in [0, 0.05) is 30.9 Å². The van der Waals surface area contributed by atoms with Crippen molar-refractivity contribution in [3.63, 3.8) is 0 Å². The maximum absolute atomic E-state index is 11.1. The van der Waals surface area contributed by atoms with Gasteiger partial charge in [0.2, 0.25) is 0 Å². The number of nitrogens with zero attached hydrogens (tertiary/aromatic N) is 3. The number of fused-ring (bicyclic) bond motifs is 1. The highest BCUT2D eigenvalue weighted by molar-refractivity contribution is 5.68. The molecule has 0 amide bonds. The molecule has 0 spiro atoms. The molecule has 1 aliphatic carbocycles. The molecule has 0 aliphatic heterocycles. The van der Waals surface area contributed by atoms with Crippen LogP contribution in [0.2, 0.25) is 0 Å². The Bertz CT molecular complexity index is 1170. The molecule has 6 nitrogen and oxygen atoms in total. The summed E-state index contributed by atoms with van der Waals surface area (Å²) >= 11 is 0. The van der Waals surface area contributed by atoms with Gasteiger partial charge in [-0.15, -0.1) is 0 Å². The van der Waals surface area contributed by atoms with Gasteiger partial charge in [-0.05, 0) is 66.8 Å². The summed E-state index contributed by atoms with van der Waals surface area (Å²) < 4.78 is 6.01. The number of anilines is 1. The zero-order chi connectivity index (χ0) is 24.9. The minimum Gasteiger partial charge on any atom is -0.494 e. The zero-order valence-corrected chi connectivity index (χ0v) is 21.1. The summed E-state index contributed by atoms with van der Waals surface area (Å²) in [5, 5.41) is 9.11. The number of ether oxygens (including phenoxy) is 1. The molecule has 35 heavy (non-hydrogen) atoms. The van der Waals surface area contributed by atoms with Crippen LogP contribution >= 0.6 is 0 Å². The fraction of sp³-hybridized carbons (Fsp3) is 0.414. The Hall–Kier alpha value is -3.41. The Morgan fingerprint density at radius 1 is 1.20 bits per heavy atom. The van der Waals surface area contributed by atoms with Crippen molar-refractivity contribution in [2.45, 2.75) is 58.3 Å². The molecular formula is C29H35N3O3. The number of carboxylic acids is 1. The summed E-state index contributed by atoms with van der Waals surface area (Å²) in [7, 11) is 2.05. The summed E-state index contributed by atoms with van der Waals surface area (Å²) in [5.74, 6) is 2.42. The molecule has 1 heterocycles. The molecule has 0 unspecified atom stereocenters. The van der Waals surface area contributed by atoms with Crippen molar-refractivity contribution >= 4 is 11.8 Å². The van der Waals surface area contributed by atoms with E-state index < -0.39 is 5.97 Å². The molecule has 0 saturated carbocycles. The predicted molar refractivity (Wildman–Crippen MR) is 139 cm³/mol. The first kappa shape index (κ1) is 24.7. The van der Waals surface area contributed by atoms with Crippen LogP contribution in [0.15, 0.2) is 48.7 Å². The number of aromatic nitrogens is 2. The molecular weight excluding hydrogens is 438 g/mol. The molecule has 0 bridgehead atoms. The highest BCUT2D eigenvalue weighted by Crippen LogP contribution is 2.37. The van der Waals surface area contributed by atoms with Gasteiger partial charge in [-0.3, -0.25) is 4.79 Å². The van der Waals surface area contributed by atoms with E-state index >= 15 is 0 Å². The molecule has 1 aliphatic rings. The van der Waals surface area contributed by atoms with E-state index in [2.05, 4.69) is 61.1 Å². The van der Waals surface area contributed by atoms with E-state index in [1.165, 1.54) is 11.1 Å². The van der Waals surface area contributed by atoms with Crippen LogP contribution in [0.5, 0.6) is 5.75 Å². The average Bonchev–Trinajstić information content (AvgIpc) is 3.23. The van der Waals surface area contributed by atoms with Crippen LogP contribution in [0.25, 0.3) is 11.4 Å². The second-order valence-corrected chi connectivity index (χ2v) is 9.79. The Morgan fingerprint density at radius 2 is 1.97 bits per heavy atom. The SMILES string of the molecule is Cc1cnc(-c2ccc(C(C)C)cc2)nc1N(C)CCCOc1ccc2c(c1)CC[C@H]2CC(=O)O. The van der Waals surface area contributed by atoms with E-state index in [1.807, 2.05) is 25.3 Å². The number of aryl methyl sites for hydroxylation is 2. The third kappa shape index (κ3) is 5.99. The van der Waals surface area contributed by atoms with Gasteiger partial charge in [0.05, 0.1) is 13.0 Å². The normalized spacial score (nSPS) is 14.7. The van der Waals surface area contributed by atoms with Crippen molar-refractivity contribution < 1.29 is 14.6 Å². The van der Waals surface area contributed by atoms with E-state index in [-0.39, 0.29) is 12.3 Å². The van der Waals surface area contributed by atoms with Gasteiger partial charge in [-0.25, -0.2) is 9.97 Å². The molecule has 3 aromatic rings. The van der Waals surface area contributed by atoms with E-state index in [0.717, 1.165) is 59.9 Å². The van der Waals surface area contributed by atoms with E-state index in [9.17, 15) is 4.79 Å². The number of benzene rings is 2. The number of hydrogen-bond donors (Lipinski definition) is 1. The highest BCUT2D eigenvalue weighted by Gasteiger charge is 2.24. The number of carboxylic acid groups (broad SMARTS) is 1. The molecule has 184 valence electrons. The quantitative estimate of drug-likeness (QED) is 0.365. The Kier molecular flexibility index (Phi) is 7.69. The van der Waals surface area contributed by atoms with Crippen LogP contribution < -0.4 is 9.64 Å². The molecule has 0 radical (unpaired) electrons. The lowest BCUT2D eigenvalue weighted by atomic mass is 9.98.